The lowest BCUT2D eigenvalue weighted by molar-refractivity contribution is -0.118. The van der Waals surface area contributed by atoms with E-state index in [4.69, 9.17) is 0 Å². The van der Waals surface area contributed by atoms with Gasteiger partial charge in [-0.15, -0.1) is 0 Å². The van der Waals surface area contributed by atoms with Crippen LogP contribution in [-0.2, 0) is 14.3 Å². The van der Waals surface area contributed by atoms with E-state index in [1.165, 1.54) is 21.1 Å². The molecule has 0 bridgehead atoms. The van der Waals surface area contributed by atoms with Crippen LogP contribution in [0.3, 0.4) is 0 Å². The number of nitrogens with zero attached hydrogens (tertiary/aromatic N) is 1. The fraction of sp³-hybridized carbons (Fsp3) is 0.571. The minimum atomic E-state index is -0.373. The van der Waals surface area contributed by atoms with Gasteiger partial charge in [-0.2, -0.15) is 0 Å². The highest BCUT2D eigenvalue weighted by Crippen LogP contribution is 1.84. The predicted molar refractivity (Wildman–Crippen MR) is 40.9 cm³/mol. The van der Waals surface area contributed by atoms with Crippen molar-refractivity contribution in [3.8, 4) is 0 Å². The zero-order valence-electron chi connectivity index (χ0n) is 6.88. The lowest BCUT2D eigenvalue weighted by atomic mass is 10.2. The normalized spacial score (nSPS) is 11.4. The molecular weight excluding hydrogens is 146 g/mol. The highest BCUT2D eigenvalue weighted by atomic mass is 16.5. The van der Waals surface area contributed by atoms with E-state index in [1.807, 2.05) is 0 Å². The van der Waals surface area contributed by atoms with Crippen LogP contribution >= 0.6 is 0 Å². The van der Waals surface area contributed by atoms with Crippen molar-refractivity contribution < 1.29 is 14.3 Å². The summed E-state index contributed by atoms with van der Waals surface area (Å²) in [6, 6.07) is 0. The number of rotatable bonds is 4. The highest BCUT2D eigenvalue weighted by molar-refractivity contribution is 6.66. The van der Waals surface area contributed by atoms with Gasteiger partial charge in [0.1, 0.15) is 12.3 Å². The molecule has 0 N–H and O–H groups in total. The van der Waals surface area contributed by atoms with Gasteiger partial charge in [0.15, 0.2) is 5.78 Å². The molecule has 0 aliphatic heterocycles. The number of methoxy groups -OCH3 is 1. The van der Waals surface area contributed by atoms with Gasteiger partial charge >= 0.3 is 0 Å². The van der Waals surface area contributed by atoms with Crippen LogP contribution in [0.4, 0.5) is 0 Å². The number of hydrogen-bond acceptors (Lipinski definition) is 4. The Morgan fingerprint density at radius 2 is 2.00 bits per heavy atom. The average Bonchev–Trinajstić information content (AvgIpc) is 1.88. The molecule has 0 aromatic heterocycles. The number of aliphatic imine (C=N–C) groups is 1. The van der Waals surface area contributed by atoms with Crippen LogP contribution in [0.2, 0.25) is 0 Å². The summed E-state index contributed by atoms with van der Waals surface area (Å²) in [5.74, 6) is -0.697. The number of carbonyl (C=O) groups excluding carboxylic acids is 2. The standard InChI is InChI=1S/C7H11NO3/c1-5(9)7(8-2)6(10)4-11-3/h4H2,1-3H3/b8-7-. The maximum atomic E-state index is 10.9. The second kappa shape index (κ2) is 4.73. The van der Waals surface area contributed by atoms with Gasteiger partial charge in [0.05, 0.1) is 0 Å². The summed E-state index contributed by atoms with van der Waals surface area (Å²) in [5, 5.41) is 0. The SMILES string of the molecule is C/N=C(/C(C)=O)C(=O)COC. The zero-order chi connectivity index (χ0) is 8.85. The van der Waals surface area contributed by atoms with Crippen molar-refractivity contribution in [2.24, 2.45) is 4.99 Å². The third kappa shape index (κ3) is 3.04. The van der Waals surface area contributed by atoms with Crippen molar-refractivity contribution in [1.82, 2.24) is 0 Å². The van der Waals surface area contributed by atoms with Crippen molar-refractivity contribution in [2.75, 3.05) is 20.8 Å². The van der Waals surface area contributed by atoms with Gasteiger partial charge in [0.25, 0.3) is 0 Å². The van der Waals surface area contributed by atoms with Crippen LogP contribution < -0.4 is 0 Å². The van der Waals surface area contributed by atoms with E-state index in [2.05, 4.69) is 9.73 Å². The van der Waals surface area contributed by atoms with E-state index < -0.39 is 0 Å². The molecule has 0 aromatic rings. The Kier molecular flexibility index (Phi) is 4.29. The van der Waals surface area contributed by atoms with Crippen molar-refractivity contribution >= 4 is 17.3 Å². The van der Waals surface area contributed by atoms with Gasteiger partial charge in [-0.3, -0.25) is 14.6 Å². The number of hydrogen-bond donors (Lipinski definition) is 0. The van der Waals surface area contributed by atoms with Gasteiger partial charge in [-0.1, -0.05) is 0 Å². The summed E-state index contributed by atoms with van der Waals surface area (Å²) < 4.78 is 4.55. The average molecular weight is 157 g/mol. The number of carbonyl (C=O) groups is 2. The zero-order valence-corrected chi connectivity index (χ0v) is 6.88. The molecule has 0 spiro atoms. The van der Waals surface area contributed by atoms with Gasteiger partial charge < -0.3 is 4.74 Å². The first kappa shape index (κ1) is 9.97. The molecule has 0 saturated heterocycles. The number of Topliss-reactive ketones (excluding diaryl/α,β-unsaturated/α-hetero) is 2. The molecule has 0 amide bonds. The van der Waals surface area contributed by atoms with Gasteiger partial charge in [-0.25, -0.2) is 0 Å². The topological polar surface area (TPSA) is 55.7 Å². The summed E-state index contributed by atoms with van der Waals surface area (Å²) in [4.78, 5) is 25.2. The summed E-state index contributed by atoms with van der Waals surface area (Å²) in [5.41, 5.74) is -0.0353. The lowest BCUT2D eigenvalue weighted by Crippen LogP contribution is -2.25. The Hall–Kier alpha value is -1.03. The second-order valence-corrected chi connectivity index (χ2v) is 1.98. The van der Waals surface area contributed by atoms with Crippen LogP contribution in [0.15, 0.2) is 4.99 Å². The van der Waals surface area contributed by atoms with E-state index in [0.29, 0.717) is 0 Å². The quantitative estimate of drug-likeness (QED) is 0.421. The van der Waals surface area contributed by atoms with E-state index >= 15 is 0 Å². The molecule has 0 fully saturated rings. The van der Waals surface area contributed by atoms with Gasteiger partial charge in [0, 0.05) is 21.1 Å². The largest absolute Gasteiger partial charge is 0.376 e. The molecule has 0 unspecified atom stereocenters. The first-order chi connectivity index (χ1) is 5.13. The molecule has 0 aromatic carbocycles. The Balaban J connectivity index is 4.29. The molecule has 0 heterocycles. The molecular formula is C7H11NO3. The van der Waals surface area contributed by atoms with Crippen LogP contribution in [-0.4, -0.2) is 38.0 Å². The van der Waals surface area contributed by atoms with E-state index in [0.717, 1.165) is 0 Å². The van der Waals surface area contributed by atoms with Crippen molar-refractivity contribution in [1.29, 1.82) is 0 Å². The number of ketones is 2. The fourth-order valence-corrected chi connectivity index (χ4v) is 0.678. The van der Waals surface area contributed by atoms with Crippen molar-refractivity contribution in [3.63, 3.8) is 0 Å². The molecule has 0 rings (SSSR count). The monoisotopic (exact) mass is 157 g/mol. The summed E-state index contributed by atoms with van der Waals surface area (Å²) in [7, 11) is 2.80. The van der Waals surface area contributed by atoms with Crippen LogP contribution in [0.25, 0.3) is 0 Å². The van der Waals surface area contributed by atoms with Crippen LogP contribution in [0.1, 0.15) is 6.92 Å². The van der Waals surface area contributed by atoms with Gasteiger partial charge in [0.2, 0.25) is 5.78 Å². The van der Waals surface area contributed by atoms with Crippen molar-refractivity contribution in [3.05, 3.63) is 0 Å². The minimum Gasteiger partial charge on any atom is -0.376 e. The van der Waals surface area contributed by atoms with Crippen LogP contribution in [0.5, 0.6) is 0 Å². The molecule has 0 atom stereocenters. The number of ether oxygens (including phenoxy) is 1. The Morgan fingerprint density at radius 3 is 2.27 bits per heavy atom. The molecule has 0 aliphatic carbocycles. The Morgan fingerprint density at radius 1 is 1.45 bits per heavy atom. The summed E-state index contributed by atoms with van der Waals surface area (Å²) in [6.45, 7) is 1.21. The third-order valence-corrected chi connectivity index (χ3v) is 1.10. The van der Waals surface area contributed by atoms with Crippen molar-refractivity contribution in [2.45, 2.75) is 6.92 Å². The van der Waals surface area contributed by atoms with E-state index in [1.54, 1.807) is 0 Å². The molecule has 0 aliphatic rings. The maximum absolute atomic E-state index is 10.9. The highest BCUT2D eigenvalue weighted by Gasteiger charge is 2.14. The first-order valence-corrected chi connectivity index (χ1v) is 3.13. The minimum absolute atomic E-state index is 0.0353. The maximum Gasteiger partial charge on any atom is 0.209 e. The predicted octanol–water partition coefficient (Wildman–Crippen LogP) is -0.138. The molecule has 0 radical (unpaired) electrons. The smallest absolute Gasteiger partial charge is 0.209 e. The van der Waals surface area contributed by atoms with E-state index in [9.17, 15) is 9.59 Å². The first-order valence-electron chi connectivity index (χ1n) is 3.13. The molecule has 4 heteroatoms. The summed E-state index contributed by atoms with van der Waals surface area (Å²) >= 11 is 0. The molecule has 4 nitrogen and oxygen atoms in total. The summed E-state index contributed by atoms with van der Waals surface area (Å²) in [6.07, 6.45) is 0. The van der Waals surface area contributed by atoms with E-state index in [-0.39, 0.29) is 23.9 Å². The Labute approximate surface area is 65.3 Å². The van der Waals surface area contributed by atoms with Gasteiger partial charge in [-0.05, 0) is 0 Å². The molecule has 62 valence electrons. The molecule has 0 saturated carbocycles. The van der Waals surface area contributed by atoms with Crippen LogP contribution in [0, 0.1) is 0 Å². The second-order valence-electron chi connectivity index (χ2n) is 1.98. The third-order valence-electron chi connectivity index (χ3n) is 1.10. The molecule has 11 heavy (non-hydrogen) atoms. The fourth-order valence-electron chi connectivity index (χ4n) is 0.678. The lowest BCUT2D eigenvalue weighted by Gasteiger charge is -1.97. The Bertz CT molecular complexity index is 196.